The Morgan fingerprint density at radius 3 is 1.86 bits per heavy atom. The third-order valence-electron chi connectivity index (χ3n) is 5.38. The van der Waals surface area contributed by atoms with E-state index in [1.165, 1.54) is 5.56 Å². The first-order valence-electron chi connectivity index (χ1n) is 10.0. The summed E-state index contributed by atoms with van der Waals surface area (Å²) < 4.78 is 5.59. The first-order chi connectivity index (χ1) is 14.2. The predicted octanol–water partition coefficient (Wildman–Crippen LogP) is 5.58. The highest BCUT2D eigenvalue weighted by Gasteiger charge is 2.39. The van der Waals surface area contributed by atoms with E-state index in [-0.39, 0.29) is 11.7 Å². The summed E-state index contributed by atoms with van der Waals surface area (Å²) in [5.74, 6) is -0.699. The van der Waals surface area contributed by atoms with Crippen LogP contribution < -0.4 is 0 Å². The van der Waals surface area contributed by atoms with Crippen molar-refractivity contribution in [1.82, 2.24) is 0 Å². The molecule has 3 nitrogen and oxygen atoms in total. The Morgan fingerprint density at radius 2 is 1.31 bits per heavy atom. The average Bonchev–Trinajstić information content (AvgIpc) is 3.04. The predicted molar refractivity (Wildman–Crippen MR) is 114 cm³/mol. The van der Waals surface area contributed by atoms with Crippen LogP contribution >= 0.6 is 0 Å². The van der Waals surface area contributed by atoms with Gasteiger partial charge in [-0.25, -0.2) is 4.79 Å². The van der Waals surface area contributed by atoms with Gasteiger partial charge in [-0.05, 0) is 36.0 Å². The van der Waals surface area contributed by atoms with Crippen molar-refractivity contribution in [2.45, 2.75) is 31.3 Å². The van der Waals surface area contributed by atoms with E-state index in [2.05, 4.69) is 12.1 Å². The molecule has 1 aliphatic rings. The zero-order valence-corrected chi connectivity index (χ0v) is 16.2. The highest BCUT2D eigenvalue weighted by atomic mass is 16.6. The first kappa shape index (κ1) is 19.0. The number of benzene rings is 3. The normalized spacial score (nSPS) is 16.3. The minimum absolute atomic E-state index is 0.0702. The number of rotatable bonds is 7. The molecule has 0 saturated heterocycles. The van der Waals surface area contributed by atoms with E-state index in [1.54, 1.807) is 0 Å². The Kier molecular flexibility index (Phi) is 5.76. The lowest BCUT2D eigenvalue weighted by Crippen LogP contribution is -2.12. The highest BCUT2D eigenvalue weighted by Crippen LogP contribution is 2.39. The molecule has 0 amide bonds. The van der Waals surface area contributed by atoms with Gasteiger partial charge < -0.3 is 9.84 Å². The lowest BCUT2D eigenvalue weighted by molar-refractivity contribution is -0.140. The van der Waals surface area contributed by atoms with E-state index in [4.69, 9.17) is 4.74 Å². The topological polar surface area (TPSA) is 46.5 Å². The number of carbonyl (C=O) groups excluding carboxylic acids is 1. The van der Waals surface area contributed by atoms with Gasteiger partial charge >= 0.3 is 5.97 Å². The molecule has 0 aliphatic carbocycles. The van der Waals surface area contributed by atoms with Crippen molar-refractivity contribution < 1.29 is 14.6 Å². The molecule has 0 bridgehead atoms. The molecule has 4 rings (SSSR count). The summed E-state index contributed by atoms with van der Waals surface area (Å²) in [7, 11) is 0. The fourth-order valence-electron chi connectivity index (χ4n) is 3.94. The molecule has 1 aliphatic heterocycles. The summed E-state index contributed by atoms with van der Waals surface area (Å²) in [6.45, 7) is 0. The Balaban J connectivity index is 1.59. The van der Waals surface area contributed by atoms with E-state index in [0.717, 1.165) is 24.0 Å². The summed E-state index contributed by atoms with van der Waals surface area (Å²) in [4.78, 5) is 12.8. The molecule has 1 unspecified atom stereocenters. The van der Waals surface area contributed by atoms with Crippen LogP contribution in [-0.4, -0.2) is 17.2 Å². The summed E-state index contributed by atoms with van der Waals surface area (Å²) in [6.07, 6.45) is 1.75. The van der Waals surface area contributed by atoms with Crippen molar-refractivity contribution in [1.29, 1.82) is 0 Å². The van der Waals surface area contributed by atoms with E-state index in [9.17, 15) is 9.90 Å². The molecule has 1 heterocycles. The molecule has 0 fully saturated rings. The third kappa shape index (κ3) is 4.24. The van der Waals surface area contributed by atoms with Gasteiger partial charge in [0.05, 0.1) is 5.57 Å². The van der Waals surface area contributed by atoms with Gasteiger partial charge in [0.25, 0.3) is 0 Å². The van der Waals surface area contributed by atoms with Gasteiger partial charge in [-0.15, -0.1) is 0 Å². The van der Waals surface area contributed by atoms with E-state index < -0.39 is 12.1 Å². The lowest BCUT2D eigenvalue weighted by atomic mass is 9.84. The SMILES string of the molecule is O=C1OC(CCCc2ccccc2)C(O)=C1C(c1ccccc1)c1ccccc1. The molecule has 1 atom stereocenters. The standard InChI is InChI=1S/C26H24O3/c27-25-22(18-10-13-19-11-4-1-5-12-19)29-26(28)24(25)23(20-14-6-2-7-15-20)21-16-8-3-9-17-21/h1-9,11-12,14-17,22-23,27H,10,13,18H2. The monoisotopic (exact) mass is 384 g/mol. The molecular weight excluding hydrogens is 360 g/mol. The third-order valence-corrected chi connectivity index (χ3v) is 5.38. The van der Waals surface area contributed by atoms with Gasteiger partial charge in [0.2, 0.25) is 0 Å². The van der Waals surface area contributed by atoms with Crippen molar-refractivity contribution >= 4 is 5.97 Å². The Labute approximate surface area is 171 Å². The smallest absolute Gasteiger partial charge is 0.339 e. The van der Waals surface area contributed by atoms with Crippen LogP contribution in [0.4, 0.5) is 0 Å². The second-order valence-electron chi connectivity index (χ2n) is 7.33. The molecule has 3 heteroatoms. The van der Waals surface area contributed by atoms with Gasteiger partial charge in [-0.3, -0.25) is 0 Å². The van der Waals surface area contributed by atoms with Gasteiger partial charge in [-0.2, -0.15) is 0 Å². The van der Waals surface area contributed by atoms with Crippen molar-refractivity contribution in [3.63, 3.8) is 0 Å². The zero-order valence-electron chi connectivity index (χ0n) is 16.2. The molecule has 146 valence electrons. The van der Waals surface area contributed by atoms with Gasteiger partial charge in [0.1, 0.15) is 5.76 Å². The van der Waals surface area contributed by atoms with E-state index in [1.807, 2.05) is 78.9 Å². The number of hydrogen-bond acceptors (Lipinski definition) is 3. The maximum atomic E-state index is 12.8. The van der Waals surface area contributed by atoms with Crippen molar-refractivity contribution in [2.24, 2.45) is 0 Å². The second kappa shape index (κ2) is 8.78. The Morgan fingerprint density at radius 1 is 0.793 bits per heavy atom. The summed E-state index contributed by atoms with van der Waals surface area (Å²) in [5.41, 5.74) is 3.52. The number of cyclic esters (lactones) is 1. The number of carbonyl (C=O) groups is 1. The molecule has 0 saturated carbocycles. The second-order valence-corrected chi connectivity index (χ2v) is 7.33. The lowest BCUT2D eigenvalue weighted by Gasteiger charge is -2.18. The fraction of sp³-hybridized carbons (Fsp3) is 0.192. The number of esters is 1. The number of aliphatic hydroxyl groups is 1. The van der Waals surface area contributed by atoms with Crippen molar-refractivity contribution in [3.8, 4) is 0 Å². The first-order valence-corrected chi connectivity index (χ1v) is 10.0. The number of aryl methyl sites for hydroxylation is 1. The van der Waals surface area contributed by atoms with E-state index >= 15 is 0 Å². The molecule has 0 spiro atoms. The summed E-state index contributed by atoms with van der Waals surface area (Å²) in [5, 5.41) is 10.9. The fourth-order valence-corrected chi connectivity index (χ4v) is 3.94. The number of ether oxygens (including phenoxy) is 1. The largest absolute Gasteiger partial charge is 0.508 e. The van der Waals surface area contributed by atoms with Crippen LogP contribution in [0.25, 0.3) is 0 Å². The summed E-state index contributed by atoms with van der Waals surface area (Å²) >= 11 is 0. The highest BCUT2D eigenvalue weighted by molar-refractivity contribution is 5.94. The van der Waals surface area contributed by atoms with Crippen LogP contribution in [-0.2, 0) is 16.0 Å². The van der Waals surface area contributed by atoms with Crippen LogP contribution in [0.15, 0.2) is 102 Å². The molecule has 3 aromatic rings. The van der Waals surface area contributed by atoms with Crippen molar-refractivity contribution in [2.75, 3.05) is 0 Å². The number of hydrogen-bond donors (Lipinski definition) is 1. The Hall–Kier alpha value is -3.33. The van der Waals surface area contributed by atoms with Gasteiger partial charge in [0.15, 0.2) is 6.10 Å². The van der Waals surface area contributed by atoms with Gasteiger partial charge in [-0.1, -0.05) is 91.0 Å². The molecule has 1 N–H and O–H groups in total. The molecule has 3 aromatic carbocycles. The molecular formula is C26H24O3. The summed E-state index contributed by atoms with van der Waals surface area (Å²) in [6, 6.07) is 29.8. The zero-order chi connectivity index (χ0) is 20.1. The van der Waals surface area contributed by atoms with Crippen LogP contribution in [0.1, 0.15) is 35.4 Å². The maximum absolute atomic E-state index is 12.8. The van der Waals surface area contributed by atoms with Crippen LogP contribution in [0.3, 0.4) is 0 Å². The number of aliphatic hydroxyl groups excluding tert-OH is 1. The van der Waals surface area contributed by atoms with Crippen LogP contribution in [0.5, 0.6) is 0 Å². The van der Waals surface area contributed by atoms with E-state index in [0.29, 0.717) is 12.0 Å². The van der Waals surface area contributed by atoms with Gasteiger partial charge in [0, 0.05) is 5.92 Å². The average molecular weight is 384 g/mol. The molecule has 0 radical (unpaired) electrons. The van der Waals surface area contributed by atoms with Crippen LogP contribution in [0, 0.1) is 0 Å². The van der Waals surface area contributed by atoms with Crippen LogP contribution in [0.2, 0.25) is 0 Å². The maximum Gasteiger partial charge on any atom is 0.339 e. The molecule has 29 heavy (non-hydrogen) atoms. The van der Waals surface area contributed by atoms with Crippen molar-refractivity contribution in [3.05, 3.63) is 119 Å². The Bertz CT molecular complexity index is 939. The quantitative estimate of drug-likeness (QED) is 0.541. The molecule has 0 aromatic heterocycles. The minimum atomic E-state index is -0.573. The minimum Gasteiger partial charge on any atom is -0.508 e.